The van der Waals surface area contributed by atoms with E-state index in [-0.39, 0.29) is 5.30 Å². The monoisotopic (exact) mass is 313 g/mol. The molecule has 0 radical (unpaired) electrons. The Kier molecular flexibility index (Phi) is 3.55. The molecule has 7 heteroatoms. The molecular weight excluding hydrogens is 301 g/mol. The molecule has 0 saturated heterocycles. The molecule has 3 rings (SSSR count). The Morgan fingerprint density at radius 1 is 1.18 bits per heavy atom. The van der Waals surface area contributed by atoms with Crippen molar-refractivity contribution in [1.82, 2.24) is 9.55 Å². The van der Waals surface area contributed by atoms with Crippen LogP contribution >= 0.6 is 7.60 Å². The van der Waals surface area contributed by atoms with E-state index >= 15 is 0 Å². The van der Waals surface area contributed by atoms with Gasteiger partial charge in [0.15, 0.2) is 0 Å². The van der Waals surface area contributed by atoms with Crippen molar-refractivity contribution >= 4 is 23.9 Å². The lowest BCUT2D eigenvalue weighted by molar-refractivity contribution is 0.387. The van der Waals surface area contributed by atoms with Gasteiger partial charge in [0.25, 0.3) is 0 Å². The van der Waals surface area contributed by atoms with Crippen LogP contribution in [0.25, 0.3) is 11.0 Å². The van der Waals surface area contributed by atoms with E-state index in [0.717, 1.165) is 16.6 Å². The maximum atomic E-state index is 11.1. The molecule has 0 amide bonds. The fourth-order valence-electron chi connectivity index (χ4n) is 2.25. The lowest BCUT2D eigenvalue weighted by atomic mass is 10.2. The third-order valence-corrected chi connectivity index (χ3v) is 4.35. The lowest BCUT2D eigenvalue weighted by Crippen LogP contribution is -2.05. The van der Waals surface area contributed by atoms with Gasteiger partial charge in [-0.1, -0.05) is 12.1 Å². The first-order valence-electron chi connectivity index (χ1n) is 6.47. The molecule has 1 heterocycles. The number of aromatic nitrogens is 2. The van der Waals surface area contributed by atoms with Crippen molar-refractivity contribution in [3.8, 4) is 6.07 Å². The molecule has 2 aromatic carbocycles. The van der Waals surface area contributed by atoms with Crippen molar-refractivity contribution in [3.05, 3.63) is 59.9 Å². The van der Waals surface area contributed by atoms with Crippen molar-refractivity contribution in [2.45, 2.75) is 6.54 Å². The Hall–Kier alpha value is -2.45. The van der Waals surface area contributed by atoms with Gasteiger partial charge in [-0.25, -0.2) is 4.98 Å². The second kappa shape index (κ2) is 5.39. The van der Waals surface area contributed by atoms with Crippen molar-refractivity contribution < 1.29 is 14.4 Å². The van der Waals surface area contributed by atoms with Crippen LogP contribution in [-0.4, -0.2) is 19.3 Å². The van der Waals surface area contributed by atoms with E-state index in [0.29, 0.717) is 12.1 Å². The highest BCUT2D eigenvalue weighted by molar-refractivity contribution is 7.60. The highest BCUT2D eigenvalue weighted by atomic mass is 31.2. The number of hydrogen-bond donors (Lipinski definition) is 2. The smallest absolute Gasteiger partial charge is 0.326 e. The standard InChI is InChI=1S/C15H12N3O3P/c16-8-12-3-6-15-14(7-12)17-10-18(15)9-11-1-4-13(5-2-11)22(19,20)21/h1-7,10H,9H2,(H2,19,20,21). The molecule has 0 aliphatic rings. The third-order valence-electron chi connectivity index (χ3n) is 3.38. The van der Waals surface area contributed by atoms with Gasteiger partial charge < -0.3 is 14.4 Å². The predicted molar refractivity (Wildman–Crippen MR) is 81.7 cm³/mol. The van der Waals surface area contributed by atoms with Crippen LogP contribution in [0.1, 0.15) is 11.1 Å². The number of imidazole rings is 1. The molecule has 0 aliphatic carbocycles. The van der Waals surface area contributed by atoms with E-state index in [1.165, 1.54) is 12.1 Å². The Morgan fingerprint density at radius 2 is 1.91 bits per heavy atom. The van der Waals surface area contributed by atoms with Crippen molar-refractivity contribution in [2.24, 2.45) is 0 Å². The highest BCUT2D eigenvalue weighted by Gasteiger charge is 2.16. The van der Waals surface area contributed by atoms with E-state index in [1.807, 2.05) is 10.6 Å². The first kappa shape index (κ1) is 14.5. The highest BCUT2D eigenvalue weighted by Crippen LogP contribution is 2.32. The zero-order chi connectivity index (χ0) is 15.7. The van der Waals surface area contributed by atoms with Gasteiger partial charge in [0, 0.05) is 6.54 Å². The summed E-state index contributed by atoms with van der Waals surface area (Å²) in [5, 5.41) is 8.89. The van der Waals surface area contributed by atoms with Gasteiger partial charge in [-0.2, -0.15) is 5.26 Å². The van der Waals surface area contributed by atoms with Crippen LogP contribution < -0.4 is 5.30 Å². The summed E-state index contributed by atoms with van der Waals surface area (Å²) < 4.78 is 13.1. The number of hydrogen-bond acceptors (Lipinski definition) is 3. The molecule has 3 aromatic rings. The van der Waals surface area contributed by atoms with Crippen LogP contribution in [0.15, 0.2) is 48.8 Å². The average molecular weight is 313 g/mol. The van der Waals surface area contributed by atoms with Crippen molar-refractivity contribution in [1.29, 1.82) is 5.26 Å². The van der Waals surface area contributed by atoms with Crippen molar-refractivity contribution in [3.63, 3.8) is 0 Å². The number of nitriles is 1. The molecule has 0 fully saturated rings. The second-order valence-corrected chi connectivity index (χ2v) is 6.50. The molecule has 6 nitrogen and oxygen atoms in total. The normalized spacial score (nSPS) is 11.5. The third kappa shape index (κ3) is 2.78. The maximum Gasteiger partial charge on any atom is 0.356 e. The van der Waals surface area contributed by atoms with Crippen molar-refractivity contribution in [2.75, 3.05) is 0 Å². The Morgan fingerprint density at radius 3 is 2.55 bits per heavy atom. The van der Waals surface area contributed by atoms with Crippen LogP contribution in [0.3, 0.4) is 0 Å². The molecule has 110 valence electrons. The molecule has 0 spiro atoms. The SMILES string of the molecule is N#Cc1ccc2c(c1)ncn2Cc1ccc(P(=O)(O)O)cc1. The van der Waals surface area contributed by atoms with Gasteiger partial charge in [-0.05, 0) is 35.9 Å². The van der Waals surface area contributed by atoms with Gasteiger partial charge in [0.2, 0.25) is 0 Å². The van der Waals surface area contributed by atoms with E-state index in [2.05, 4.69) is 11.1 Å². The Balaban J connectivity index is 1.90. The minimum atomic E-state index is -4.21. The first-order chi connectivity index (χ1) is 10.5. The van der Waals surface area contributed by atoms with E-state index in [4.69, 9.17) is 15.0 Å². The van der Waals surface area contributed by atoms with E-state index in [9.17, 15) is 4.57 Å². The molecule has 0 unspecified atom stereocenters. The molecule has 0 bridgehead atoms. The lowest BCUT2D eigenvalue weighted by Gasteiger charge is -2.07. The summed E-state index contributed by atoms with van der Waals surface area (Å²) in [6.45, 7) is 0.532. The van der Waals surface area contributed by atoms with Gasteiger partial charge in [-0.15, -0.1) is 0 Å². The second-order valence-electron chi connectivity index (χ2n) is 4.90. The summed E-state index contributed by atoms with van der Waals surface area (Å²) in [4.78, 5) is 22.5. The van der Waals surface area contributed by atoms with Crippen LogP contribution in [0.4, 0.5) is 0 Å². The summed E-state index contributed by atoms with van der Waals surface area (Å²) in [7, 11) is -4.21. The summed E-state index contributed by atoms with van der Waals surface area (Å²) in [6, 6.07) is 13.6. The van der Waals surface area contributed by atoms with E-state index < -0.39 is 7.60 Å². The molecule has 0 aliphatic heterocycles. The molecule has 2 N–H and O–H groups in total. The largest absolute Gasteiger partial charge is 0.356 e. The zero-order valence-corrected chi connectivity index (χ0v) is 12.3. The quantitative estimate of drug-likeness (QED) is 0.718. The van der Waals surface area contributed by atoms with Crippen LogP contribution in [0, 0.1) is 11.3 Å². The fraction of sp³-hybridized carbons (Fsp3) is 0.0667. The number of benzene rings is 2. The average Bonchev–Trinajstić information content (AvgIpc) is 2.89. The molecular formula is C15H12N3O3P. The van der Waals surface area contributed by atoms with Crippen LogP contribution in [-0.2, 0) is 11.1 Å². The van der Waals surface area contributed by atoms with Gasteiger partial charge in [0.1, 0.15) is 0 Å². The molecule has 0 saturated carbocycles. The summed E-state index contributed by atoms with van der Waals surface area (Å²) in [5.74, 6) is 0. The van der Waals surface area contributed by atoms with Gasteiger partial charge in [0.05, 0.1) is 34.3 Å². The number of fused-ring (bicyclic) bond motifs is 1. The summed E-state index contributed by atoms with van der Waals surface area (Å²) in [5.41, 5.74) is 3.11. The Labute approximate surface area is 126 Å². The zero-order valence-electron chi connectivity index (χ0n) is 11.4. The number of nitrogens with zero attached hydrogens (tertiary/aromatic N) is 3. The Bertz CT molecular complexity index is 919. The number of rotatable bonds is 3. The van der Waals surface area contributed by atoms with Gasteiger partial charge in [-0.3, -0.25) is 4.57 Å². The molecule has 22 heavy (non-hydrogen) atoms. The van der Waals surface area contributed by atoms with Gasteiger partial charge >= 0.3 is 7.60 Å². The van der Waals surface area contributed by atoms with Crippen LogP contribution in [0.5, 0.6) is 0 Å². The summed E-state index contributed by atoms with van der Waals surface area (Å²) in [6.07, 6.45) is 1.68. The predicted octanol–water partition coefficient (Wildman–Crippen LogP) is 1.76. The first-order valence-corrected chi connectivity index (χ1v) is 8.08. The fourth-order valence-corrected chi connectivity index (χ4v) is 2.79. The summed E-state index contributed by atoms with van der Waals surface area (Å²) >= 11 is 0. The van der Waals surface area contributed by atoms with E-state index in [1.54, 1.807) is 30.6 Å². The minimum absolute atomic E-state index is 0.00500. The maximum absolute atomic E-state index is 11.1. The topological polar surface area (TPSA) is 99.1 Å². The molecule has 1 aromatic heterocycles. The minimum Gasteiger partial charge on any atom is -0.326 e. The van der Waals surface area contributed by atoms with Crippen LogP contribution in [0.2, 0.25) is 0 Å². The molecule has 0 atom stereocenters.